The van der Waals surface area contributed by atoms with E-state index in [0.717, 1.165) is 17.7 Å². The van der Waals surface area contributed by atoms with Crippen molar-refractivity contribution in [3.05, 3.63) is 0 Å². The van der Waals surface area contributed by atoms with Gasteiger partial charge in [-0.3, -0.25) is 29.4 Å². The molecule has 0 bridgehead atoms. The van der Waals surface area contributed by atoms with Crippen LogP contribution in [0.15, 0.2) is 0 Å². The summed E-state index contributed by atoms with van der Waals surface area (Å²) in [5.41, 5.74) is 0. The Morgan fingerprint density at radius 2 is 1.50 bits per heavy atom. The third kappa shape index (κ3) is 1.48. The highest BCUT2D eigenvalue weighted by molar-refractivity contribution is 6.13. The SMILES string of the molecule is O=C1C[C@@H](N2C(=O)[C@H]3CCCC[C@H]3C2=O)C(=O)N1. The zero-order chi connectivity index (χ0) is 12.9. The first-order chi connectivity index (χ1) is 8.59. The lowest BCUT2D eigenvalue weighted by molar-refractivity contribution is -0.146. The minimum absolute atomic E-state index is 0.0875. The van der Waals surface area contributed by atoms with Gasteiger partial charge in [0.15, 0.2) is 0 Å². The van der Waals surface area contributed by atoms with E-state index in [1.165, 1.54) is 0 Å². The average Bonchev–Trinajstić information content (AvgIpc) is 2.79. The number of imide groups is 2. The highest BCUT2D eigenvalue weighted by Gasteiger charge is 2.53. The molecule has 2 saturated heterocycles. The summed E-state index contributed by atoms with van der Waals surface area (Å²) in [7, 11) is 0. The van der Waals surface area contributed by atoms with Gasteiger partial charge in [0, 0.05) is 0 Å². The maximum absolute atomic E-state index is 12.2. The second kappa shape index (κ2) is 3.90. The fourth-order valence-electron chi connectivity index (χ4n) is 3.24. The molecule has 18 heavy (non-hydrogen) atoms. The molecule has 96 valence electrons. The molecule has 0 aromatic heterocycles. The van der Waals surface area contributed by atoms with Crippen LogP contribution >= 0.6 is 0 Å². The molecule has 3 fully saturated rings. The van der Waals surface area contributed by atoms with Crippen LogP contribution in [0.5, 0.6) is 0 Å². The molecule has 4 amide bonds. The van der Waals surface area contributed by atoms with Crippen LogP contribution in [0.2, 0.25) is 0 Å². The van der Waals surface area contributed by atoms with E-state index >= 15 is 0 Å². The first kappa shape index (κ1) is 11.4. The third-order valence-corrected chi connectivity index (χ3v) is 4.13. The first-order valence-electron chi connectivity index (χ1n) is 6.30. The molecule has 1 aliphatic carbocycles. The van der Waals surface area contributed by atoms with E-state index in [0.29, 0.717) is 12.8 Å². The molecule has 2 heterocycles. The van der Waals surface area contributed by atoms with Gasteiger partial charge in [0.1, 0.15) is 6.04 Å². The summed E-state index contributed by atoms with van der Waals surface area (Å²) in [4.78, 5) is 48.2. The monoisotopic (exact) mass is 250 g/mol. The number of nitrogens with one attached hydrogen (secondary N) is 1. The summed E-state index contributed by atoms with van der Waals surface area (Å²) in [6, 6.07) is -0.914. The van der Waals surface area contributed by atoms with Gasteiger partial charge in [0.25, 0.3) is 0 Å². The number of nitrogens with zero attached hydrogens (tertiary/aromatic N) is 1. The van der Waals surface area contributed by atoms with Crippen LogP contribution in [0, 0.1) is 11.8 Å². The van der Waals surface area contributed by atoms with Crippen molar-refractivity contribution in [2.45, 2.75) is 38.1 Å². The molecule has 1 N–H and O–H groups in total. The fourth-order valence-corrected chi connectivity index (χ4v) is 3.24. The standard InChI is InChI=1S/C12H14N2O4/c15-9-5-8(10(16)13-9)14-11(17)6-3-1-2-4-7(6)12(14)18/h6-8H,1-5H2,(H,13,15,16)/t6-,7+,8-/m1/s1. The van der Waals surface area contributed by atoms with Gasteiger partial charge in [-0.05, 0) is 12.8 Å². The van der Waals surface area contributed by atoms with E-state index in [4.69, 9.17) is 0 Å². The van der Waals surface area contributed by atoms with Crippen LogP contribution in [0.4, 0.5) is 0 Å². The minimum Gasteiger partial charge on any atom is -0.295 e. The zero-order valence-electron chi connectivity index (χ0n) is 9.85. The fraction of sp³-hybridized carbons (Fsp3) is 0.667. The van der Waals surface area contributed by atoms with E-state index in [2.05, 4.69) is 5.32 Å². The summed E-state index contributed by atoms with van der Waals surface area (Å²) in [5, 5.41) is 2.14. The Kier molecular flexibility index (Phi) is 2.46. The van der Waals surface area contributed by atoms with Crippen molar-refractivity contribution in [3.63, 3.8) is 0 Å². The largest absolute Gasteiger partial charge is 0.295 e. The van der Waals surface area contributed by atoms with E-state index in [9.17, 15) is 19.2 Å². The summed E-state index contributed by atoms with van der Waals surface area (Å²) in [6.07, 6.45) is 3.24. The molecule has 0 aromatic rings. The van der Waals surface area contributed by atoms with Crippen molar-refractivity contribution >= 4 is 23.6 Å². The average molecular weight is 250 g/mol. The van der Waals surface area contributed by atoms with Gasteiger partial charge in [-0.25, -0.2) is 0 Å². The normalized spacial score (nSPS) is 36.0. The molecule has 6 nitrogen and oxygen atoms in total. The second-order valence-electron chi connectivity index (χ2n) is 5.18. The molecule has 6 heteroatoms. The van der Waals surface area contributed by atoms with E-state index in [1.54, 1.807) is 0 Å². The van der Waals surface area contributed by atoms with E-state index in [-0.39, 0.29) is 30.1 Å². The van der Waals surface area contributed by atoms with Gasteiger partial charge in [0.05, 0.1) is 18.3 Å². The summed E-state index contributed by atoms with van der Waals surface area (Å²) < 4.78 is 0. The van der Waals surface area contributed by atoms with Crippen LogP contribution in [0.1, 0.15) is 32.1 Å². The molecule has 2 aliphatic heterocycles. The molecular formula is C12H14N2O4. The molecule has 0 aromatic carbocycles. The minimum atomic E-state index is -0.914. The van der Waals surface area contributed by atoms with Crippen LogP contribution < -0.4 is 5.32 Å². The Bertz CT molecular complexity index is 435. The number of carbonyl (C=O) groups is 4. The molecule has 0 radical (unpaired) electrons. The number of hydrogen-bond acceptors (Lipinski definition) is 4. The van der Waals surface area contributed by atoms with Crippen LogP contribution in [0.3, 0.4) is 0 Å². The Labute approximate surface area is 104 Å². The first-order valence-corrected chi connectivity index (χ1v) is 6.30. The van der Waals surface area contributed by atoms with E-state index < -0.39 is 17.9 Å². The third-order valence-electron chi connectivity index (χ3n) is 4.13. The summed E-state index contributed by atoms with van der Waals surface area (Å²) >= 11 is 0. The lowest BCUT2D eigenvalue weighted by Crippen LogP contribution is -2.44. The van der Waals surface area contributed by atoms with E-state index in [1.807, 2.05) is 0 Å². The summed E-state index contributed by atoms with van der Waals surface area (Å²) in [5.74, 6) is -2.01. The van der Waals surface area contributed by atoms with Crippen molar-refractivity contribution in [1.82, 2.24) is 10.2 Å². The van der Waals surface area contributed by atoms with Gasteiger partial charge in [-0.2, -0.15) is 0 Å². The Morgan fingerprint density at radius 1 is 0.944 bits per heavy atom. The van der Waals surface area contributed by atoms with Crippen molar-refractivity contribution in [2.24, 2.45) is 11.8 Å². The number of hydrogen-bond donors (Lipinski definition) is 1. The van der Waals surface area contributed by atoms with Crippen LogP contribution in [0.25, 0.3) is 0 Å². The zero-order valence-corrected chi connectivity index (χ0v) is 9.85. The van der Waals surface area contributed by atoms with Gasteiger partial charge >= 0.3 is 0 Å². The van der Waals surface area contributed by atoms with Crippen molar-refractivity contribution < 1.29 is 19.2 Å². The molecule has 0 unspecified atom stereocenters. The molecule has 0 spiro atoms. The maximum Gasteiger partial charge on any atom is 0.250 e. The van der Waals surface area contributed by atoms with Crippen molar-refractivity contribution in [2.75, 3.05) is 0 Å². The van der Waals surface area contributed by atoms with Gasteiger partial charge in [0.2, 0.25) is 23.6 Å². The number of carbonyl (C=O) groups excluding carboxylic acids is 4. The second-order valence-corrected chi connectivity index (χ2v) is 5.18. The molecule has 3 atom stereocenters. The van der Waals surface area contributed by atoms with Crippen LogP contribution in [-0.4, -0.2) is 34.6 Å². The van der Waals surface area contributed by atoms with Gasteiger partial charge < -0.3 is 0 Å². The molecule has 3 rings (SSSR count). The smallest absolute Gasteiger partial charge is 0.250 e. The highest BCUT2D eigenvalue weighted by atomic mass is 16.2. The van der Waals surface area contributed by atoms with Crippen LogP contribution in [-0.2, 0) is 19.2 Å². The Balaban J connectivity index is 1.88. The summed E-state index contributed by atoms with van der Waals surface area (Å²) in [6.45, 7) is 0. The van der Waals surface area contributed by atoms with Gasteiger partial charge in [-0.1, -0.05) is 12.8 Å². The molecular weight excluding hydrogens is 236 g/mol. The predicted molar refractivity (Wildman–Crippen MR) is 58.9 cm³/mol. The number of amides is 4. The number of likely N-dealkylation sites (tertiary alicyclic amines) is 1. The highest BCUT2D eigenvalue weighted by Crippen LogP contribution is 2.39. The van der Waals surface area contributed by atoms with Gasteiger partial charge in [-0.15, -0.1) is 0 Å². The Hall–Kier alpha value is -1.72. The lowest BCUT2D eigenvalue weighted by Gasteiger charge is -2.19. The number of fused-ring (bicyclic) bond motifs is 1. The molecule has 3 aliphatic rings. The number of rotatable bonds is 1. The maximum atomic E-state index is 12.2. The Morgan fingerprint density at radius 3 is 1.94 bits per heavy atom. The predicted octanol–water partition coefficient (Wildman–Crippen LogP) is -0.423. The lowest BCUT2D eigenvalue weighted by atomic mass is 9.81. The quantitative estimate of drug-likeness (QED) is 0.640. The van der Waals surface area contributed by atoms with Crippen molar-refractivity contribution in [1.29, 1.82) is 0 Å². The topological polar surface area (TPSA) is 83.6 Å². The van der Waals surface area contributed by atoms with Crippen molar-refractivity contribution in [3.8, 4) is 0 Å². The molecule has 1 saturated carbocycles.